The molecule has 3 aromatic rings. The number of rotatable bonds is 6. The highest BCUT2D eigenvalue weighted by Crippen LogP contribution is 2.21. The molecule has 0 saturated carbocycles. The van der Waals surface area contributed by atoms with Crippen molar-refractivity contribution in [1.82, 2.24) is 10.3 Å². The molecule has 3 nitrogen and oxygen atoms in total. The van der Waals surface area contributed by atoms with Gasteiger partial charge in [-0.25, -0.2) is 4.98 Å². The first kappa shape index (κ1) is 15.1. The van der Waals surface area contributed by atoms with Gasteiger partial charge in [0.15, 0.2) is 0 Å². The normalized spacial score (nSPS) is 10.7. The van der Waals surface area contributed by atoms with Crippen molar-refractivity contribution in [1.29, 1.82) is 0 Å². The predicted octanol–water partition coefficient (Wildman–Crippen LogP) is 4.21. The second-order valence-electron chi connectivity index (χ2n) is 4.78. The van der Waals surface area contributed by atoms with Crippen molar-refractivity contribution in [2.75, 3.05) is 12.3 Å². The maximum atomic E-state index is 12.3. The van der Waals surface area contributed by atoms with E-state index in [9.17, 15) is 4.79 Å². The van der Waals surface area contributed by atoms with Crippen molar-refractivity contribution in [2.45, 2.75) is 10.8 Å². The summed E-state index contributed by atoms with van der Waals surface area (Å²) in [5.41, 5.74) is 0.741. The van der Waals surface area contributed by atoms with Gasteiger partial charge in [0.25, 0.3) is 5.91 Å². The van der Waals surface area contributed by atoms with Crippen LogP contribution < -0.4 is 5.32 Å². The van der Waals surface area contributed by atoms with E-state index < -0.39 is 0 Å². The van der Waals surface area contributed by atoms with Crippen LogP contribution in [0.5, 0.6) is 0 Å². The Kier molecular flexibility index (Phi) is 5.08. The number of aromatic nitrogens is 1. The smallest absolute Gasteiger partial charge is 0.251 e. The molecule has 0 fully saturated rings. The Morgan fingerprint density at radius 3 is 2.91 bits per heavy atom. The number of benzene rings is 2. The summed E-state index contributed by atoms with van der Waals surface area (Å²) in [6, 6.07) is 13.8. The van der Waals surface area contributed by atoms with E-state index in [2.05, 4.69) is 10.3 Å². The molecule has 0 spiro atoms. The molecule has 22 heavy (non-hydrogen) atoms. The second kappa shape index (κ2) is 7.42. The number of nitrogens with one attached hydrogen (secondary N) is 1. The molecule has 0 aliphatic rings. The molecular formula is C17H16N2OS2. The van der Waals surface area contributed by atoms with Crippen molar-refractivity contribution in [3.8, 4) is 0 Å². The molecule has 0 aliphatic heterocycles. The van der Waals surface area contributed by atoms with Gasteiger partial charge in [0.05, 0.1) is 0 Å². The third-order valence-electron chi connectivity index (χ3n) is 3.28. The van der Waals surface area contributed by atoms with Gasteiger partial charge >= 0.3 is 0 Å². The number of carbonyl (C=O) groups excluding carboxylic acids is 1. The number of fused-ring (bicyclic) bond motifs is 1. The molecule has 0 bridgehead atoms. The topological polar surface area (TPSA) is 42.0 Å². The van der Waals surface area contributed by atoms with Crippen LogP contribution in [0.2, 0.25) is 0 Å². The quantitative estimate of drug-likeness (QED) is 0.544. The fourth-order valence-corrected chi connectivity index (χ4v) is 3.88. The van der Waals surface area contributed by atoms with Crippen LogP contribution in [0.3, 0.4) is 0 Å². The van der Waals surface area contributed by atoms with Crippen LogP contribution in [-0.2, 0) is 0 Å². The number of hydrogen-bond acceptors (Lipinski definition) is 4. The fourth-order valence-electron chi connectivity index (χ4n) is 2.23. The van der Waals surface area contributed by atoms with E-state index in [0.29, 0.717) is 6.54 Å². The Balaban J connectivity index is 1.53. The lowest BCUT2D eigenvalue weighted by molar-refractivity contribution is 0.0955. The van der Waals surface area contributed by atoms with Gasteiger partial charge in [-0.15, -0.1) is 11.3 Å². The monoisotopic (exact) mass is 328 g/mol. The molecule has 1 amide bonds. The lowest BCUT2D eigenvalue weighted by Gasteiger charge is -2.07. The van der Waals surface area contributed by atoms with E-state index in [-0.39, 0.29) is 5.91 Å². The van der Waals surface area contributed by atoms with E-state index in [0.717, 1.165) is 32.8 Å². The van der Waals surface area contributed by atoms with Gasteiger partial charge in [0.2, 0.25) is 0 Å². The third-order valence-corrected chi connectivity index (χ3v) is 5.33. The molecule has 5 heteroatoms. The summed E-state index contributed by atoms with van der Waals surface area (Å²) < 4.78 is 1.08. The Bertz CT molecular complexity index is 751. The van der Waals surface area contributed by atoms with Crippen molar-refractivity contribution < 1.29 is 4.79 Å². The van der Waals surface area contributed by atoms with Crippen molar-refractivity contribution in [3.63, 3.8) is 0 Å². The molecule has 1 N–H and O–H groups in total. The molecule has 2 aromatic carbocycles. The first-order chi connectivity index (χ1) is 10.8. The van der Waals surface area contributed by atoms with E-state index in [1.165, 1.54) is 0 Å². The van der Waals surface area contributed by atoms with Gasteiger partial charge in [-0.1, -0.05) is 48.2 Å². The minimum Gasteiger partial charge on any atom is -0.352 e. The van der Waals surface area contributed by atoms with Gasteiger partial charge in [-0.3, -0.25) is 4.79 Å². The van der Waals surface area contributed by atoms with E-state index >= 15 is 0 Å². The van der Waals surface area contributed by atoms with Crippen LogP contribution >= 0.6 is 23.1 Å². The van der Waals surface area contributed by atoms with Gasteiger partial charge in [0, 0.05) is 29.4 Å². The number of thiazole rings is 1. The maximum absolute atomic E-state index is 12.3. The summed E-state index contributed by atoms with van der Waals surface area (Å²) in [5, 5.41) is 7.07. The Morgan fingerprint density at radius 2 is 2.05 bits per heavy atom. The van der Waals surface area contributed by atoms with E-state index in [1.54, 1.807) is 23.1 Å². The predicted molar refractivity (Wildman–Crippen MR) is 93.7 cm³/mol. The molecule has 1 heterocycles. The summed E-state index contributed by atoms with van der Waals surface area (Å²) in [4.78, 5) is 16.5. The molecule has 0 aliphatic carbocycles. The van der Waals surface area contributed by atoms with E-state index in [4.69, 9.17) is 0 Å². The number of nitrogens with zero attached hydrogens (tertiary/aromatic N) is 1. The molecular weight excluding hydrogens is 312 g/mol. The van der Waals surface area contributed by atoms with Crippen LogP contribution in [0.1, 0.15) is 16.8 Å². The average Bonchev–Trinajstić information content (AvgIpc) is 3.07. The van der Waals surface area contributed by atoms with Crippen LogP contribution in [0.25, 0.3) is 10.8 Å². The highest BCUT2D eigenvalue weighted by Gasteiger charge is 2.08. The lowest BCUT2D eigenvalue weighted by Crippen LogP contribution is -2.25. The number of thioether (sulfide) groups is 1. The first-order valence-electron chi connectivity index (χ1n) is 7.13. The van der Waals surface area contributed by atoms with Crippen LogP contribution in [-0.4, -0.2) is 23.2 Å². The number of hydrogen-bond donors (Lipinski definition) is 1. The summed E-state index contributed by atoms with van der Waals surface area (Å²) >= 11 is 3.38. The second-order valence-corrected chi connectivity index (χ2v) is 7.02. The lowest BCUT2D eigenvalue weighted by atomic mass is 10.0. The molecule has 0 atom stereocenters. The van der Waals surface area contributed by atoms with Crippen LogP contribution in [0.15, 0.2) is 58.4 Å². The van der Waals surface area contributed by atoms with Crippen LogP contribution in [0.4, 0.5) is 0 Å². The average molecular weight is 328 g/mol. The largest absolute Gasteiger partial charge is 0.352 e. The van der Waals surface area contributed by atoms with Gasteiger partial charge in [-0.05, 0) is 23.3 Å². The van der Waals surface area contributed by atoms with Crippen molar-refractivity contribution in [2.24, 2.45) is 0 Å². The zero-order valence-electron chi connectivity index (χ0n) is 12.0. The van der Waals surface area contributed by atoms with E-state index in [1.807, 2.05) is 54.0 Å². The minimum atomic E-state index is -0.00366. The van der Waals surface area contributed by atoms with Crippen molar-refractivity contribution >= 4 is 39.8 Å². The Hall–Kier alpha value is -1.85. The zero-order valence-corrected chi connectivity index (χ0v) is 13.6. The molecule has 0 saturated heterocycles. The summed E-state index contributed by atoms with van der Waals surface area (Å²) in [6.45, 7) is 0.681. The minimum absolute atomic E-state index is 0.00366. The number of carbonyl (C=O) groups is 1. The molecule has 0 radical (unpaired) electrons. The van der Waals surface area contributed by atoms with Crippen LogP contribution in [0, 0.1) is 0 Å². The highest BCUT2D eigenvalue weighted by atomic mass is 32.2. The van der Waals surface area contributed by atoms with Gasteiger partial charge in [0.1, 0.15) is 4.34 Å². The van der Waals surface area contributed by atoms with Gasteiger partial charge < -0.3 is 5.32 Å². The third kappa shape index (κ3) is 3.67. The Morgan fingerprint density at radius 1 is 1.18 bits per heavy atom. The standard InChI is InChI=1S/C17H16N2OS2/c20-16(18-9-4-11-21-17-19-10-12-22-17)15-8-3-6-13-5-1-2-7-14(13)15/h1-3,5-8,10,12H,4,9,11H2,(H,18,20). The fraction of sp³-hybridized carbons (Fsp3) is 0.176. The first-order valence-corrected chi connectivity index (χ1v) is 8.99. The molecule has 112 valence electrons. The summed E-state index contributed by atoms with van der Waals surface area (Å²) in [5.74, 6) is 0.958. The summed E-state index contributed by atoms with van der Waals surface area (Å²) in [6.07, 6.45) is 2.75. The number of amides is 1. The molecule has 0 unspecified atom stereocenters. The summed E-state index contributed by atoms with van der Waals surface area (Å²) in [7, 11) is 0. The Labute approximate surface area is 137 Å². The van der Waals surface area contributed by atoms with Gasteiger partial charge in [-0.2, -0.15) is 0 Å². The molecule has 1 aromatic heterocycles. The SMILES string of the molecule is O=C(NCCCSc1nccs1)c1cccc2ccccc12. The maximum Gasteiger partial charge on any atom is 0.251 e. The highest BCUT2D eigenvalue weighted by molar-refractivity contribution is 8.00. The zero-order chi connectivity index (χ0) is 15.2. The molecule has 3 rings (SSSR count). The van der Waals surface area contributed by atoms with Crippen molar-refractivity contribution in [3.05, 3.63) is 59.6 Å².